The highest BCUT2D eigenvalue weighted by Crippen LogP contribution is 2.18. The standard InChI is InChI=1S/C9H11F2N.ClH/c10-9(11)8-3-1-7(2-4-8)5-6-12;/h1-4,9H,5-6,12H2;1H. The normalized spacial score (nSPS) is 9.85. The van der Waals surface area contributed by atoms with Crippen LogP contribution in [0.2, 0.25) is 0 Å². The fraction of sp³-hybridized carbons (Fsp3) is 0.333. The molecule has 0 atom stereocenters. The van der Waals surface area contributed by atoms with Crippen molar-refractivity contribution in [3.05, 3.63) is 35.4 Å². The Morgan fingerprint density at radius 1 is 1.15 bits per heavy atom. The highest BCUT2D eigenvalue weighted by atomic mass is 35.5. The van der Waals surface area contributed by atoms with Gasteiger partial charge in [0.2, 0.25) is 0 Å². The van der Waals surface area contributed by atoms with Gasteiger partial charge in [-0.1, -0.05) is 24.3 Å². The molecule has 2 N–H and O–H groups in total. The molecule has 1 aromatic carbocycles. The summed E-state index contributed by atoms with van der Waals surface area (Å²) in [6, 6.07) is 6.26. The summed E-state index contributed by atoms with van der Waals surface area (Å²) < 4.78 is 24.1. The van der Waals surface area contributed by atoms with Crippen molar-refractivity contribution in [1.29, 1.82) is 0 Å². The van der Waals surface area contributed by atoms with Gasteiger partial charge in [0.25, 0.3) is 6.43 Å². The van der Waals surface area contributed by atoms with Crippen LogP contribution in [-0.2, 0) is 6.42 Å². The zero-order valence-corrected chi connectivity index (χ0v) is 7.86. The number of hydrogen-bond donors (Lipinski definition) is 1. The fourth-order valence-corrected chi connectivity index (χ4v) is 0.996. The molecule has 4 heteroatoms. The number of benzene rings is 1. The van der Waals surface area contributed by atoms with Crippen molar-refractivity contribution < 1.29 is 8.78 Å². The molecule has 0 aromatic heterocycles. The van der Waals surface area contributed by atoms with Crippen LogP contribution < -0.4 is 5.73 Å². The summed E-state index contributed by atoms with van der Waals surface area (Å²) in [5.41, 5.74) is 6.38. The highest BCUT2D eigenvalue weighted by molar-refractivity contribution is 5.85. The molecule has 0 aliphatic carbocycles. The zero-order valence-electron chi connectivity index (χ0n) is 7.04. The maximum Gasteiger partial charge on any atom is 0.263 e. The smallest absolute Gasteiger partial charge is 0.263 e. The first-order chi connectivity index (χ1) is 5.74. The van der Waals surface area contributed by atoms with E-state index in [1.165, 1.54) is 12.1 Å². The molecule has 74 valence electrons. The van der Waals surface area contributed by atoms with Crippen LogP contribution in [-0.4, -0.2) is 6.54 Å². The average molecular weight is 208 g/mol. The van der Waals surface area contributed by atoms with Gasteiger partial charge >= 0.3 is 0 Å². The SMILES string of the molecule is Cl.NCCc1ccc(C(F)F)cc1. The minimum Gasteiger partial charge on any atom is -0.330 e. The van der Waals surface area contributed by atoms with E-state index in [0.717, 1.165) is 12.0 Å². The number of hydrogen-bond acceptors (Lipinski definition) is 1. The van der Waals surface area contributed by atoms with Crippen LogP contribution in [0, 0.1) is 0 Å². The van der Waals surface area contributed by atoms with Crippen molar-refractivity contribution in [1.82, 2.24) is 0 Å². The lowest BCUT2D eigenvalue weighted by Gasteiger charge is -2.01. The molecule has 0 heterocycles. The Kier molecular flexibility index (Phi) is 5.58. The molecule has 0 radical (unpaired) electrons. The Labute approximate surface area is 82.4 Å². The summed E-state index contributed by atoms with van der Waals surface area (Å²) in [7, 11) is 0. The van der Waals surface area contributed by atoms with Gasteiger partial charge in [0.05, 0.1) is 0 Å². The summed E-state index contributed by atoms with van der Waals surface area (Å²) in [5.74, 6) is 0. The first-order valence-electron chi connectivity index (χ1n) is 3.81. The minimum atomic E-state index is -2.38. The van der Waals surface area contributed by atoms with Gasteiger partial charge in [-0.15, -0.1) is 12.4 Å². The number of rotatable bonds is 3. The van der Waals surface area contributed by atoms with E-state index in [1.54, 1.807) is 12.1 Å². The van der Waals surface area contributed by atoms with Gasteiger partial charge < -0.3 is 5.73 Å². The fourth-order valence-electron chi connectivity index (χ4n) is 0.996. The van der Waals surface area contributed by atoms with Crippen LogP contribution in [0.15, 0.2) is 24.3 Å². The van der Waals surface area contributed by atoms with Gasteiger partial charge in [0.15, 0.2) is 0 Å². The van der Waals surface area contributed by atoms with Crippen LogP contribution in [0.4, 0.5) is 8.78 Å². The van der Waals surface area contributed by atoms with Crippen molar-refractivity contribution in [2.24, 2.45) is 5.73 Å². The predicted octanol–water partition coefficient (Wildman–Crippen LogP) is 2.55. The summed E-state index contributed by atoms with van der Waals surface area (Å²) in [6.07, 6.45) is -1.64. The molecule has 0 amide bonds. The molecule has 1 rings (SSSR count). The Morgan fingerprint density at radius 2 is 1.69 bits per heavy atom. The molecule has 0 spiro atoms. The lowest BCUT2D eigenvalue weighted by molar-refractivity contribution is 0.151. The van der Waals surface area contributed by atoms with Gasteiger partial charge in [-0.3, -0.25) is 0 Å². The van der Waals surface area contributed by atoms with Crippen molar-refractivity contribution in [2.75, 3.05) is 6.54 Å². The van der Waals surface area contributed by atoms with E-state index in [0.29, 0.717) is 6.54 Å². The Bertz CT molecular complexity index is 236. The third kappa shape index (κ3) is 3.70. The summed E-state index contributed by atoms with van der Waals surface area (Å²) in [5, 5.41) is 0. The molecule has 1 nitrogen and oxygen atoms in total. The summed E-state index contributed by atoms with van der Waals surface area (Å²) in [6.45, 7) is 0.550. The Morgan fingerprint density at radius 3 is 2.08 bits per heavy atom. The maximum absolute atomic E-state index is 12.1. The topological polar surface area (TPSA) is 26.0 Å². The van der Waals surface area contributed by atoms with E-state index in [2.05, 4.69) is 0 Å². The average Bonchev–Trinajstić information content (AvgIpc) is 2.06. The lowest BCUT2D eigenvalue weighted by Crippen LogP contribution is -2.02. The van der Waals surface area contributed by atoms with E-state index < -0.39 is 6.43 Å². The highest BCUT2D eigenvalue weighted by Gasteiger charge is 2.04. The second kappa shape index (κ2) is 5.89. The maximum atomic E-state index is 12.1. The molecule has 0 aliphatic rings. The van der Waals surface area contributed by atoms with Gasteiger partial charge in [-0.05, 0) is 18.5 Å². The van der Waals surface area contributed by atoms with Crippen LogP contribution in [0.5, 0.6) is 0 Å². The van der Waals surface area contributed by atoms with Crippen LogP contribution in [0.1, 0.15) is 17.6 Å². The number of nitrogens with two attached hydrogens (primary N) is 1. The molecular formula is C9H12ClF2N. The molecule has 0 bridgehead atoms. The molecule has 0 fully saturated rings. The van der Waals surface area contributed by atoms with Crippen molar-refractivity contribution in [3.8, 4) is 0 Å². The summed E-state index contributed by atoms with van der Waals surface area (Å²) >= 11 is 0. The van der Waals surface area contributed by atoms with Crippen LogP contribution in [0.3, 0.4) is 0 Å². The molecule has 13 heavy (non-hydrogen) atoms. The molecule has 0 saturated heterocycles. The van der Waals surface area contributed by atoms with Gasteiger partial charge in [-0.2, -0.15) is 0 Å². The van der Waals surface area contributed by atoms with E-state index in [9.17, 15) is 8.78 Å². The first-order valence-corrected chi connectivity index (χ1v) is 3.81. The van der Waals surface area contributed by atoms with Crippen molar-refractivity contribution in [2.45, 2.75) is 12.8 Å². The number of halogens is 3. The quantitative estimate of drug-likeness (QED) is 0.810. The molecule has 0 saturated carbocycles. The van der Waals surface area contributed by atoms with Crippen molar-refractivity contribution >= 4 is 12.4 Å². The zero-order chi connectivity index (χ0) is 8.97. The molecule has 0 aliphatic heterocycles. The largest absolute Gasteiger partial charge is 0.330 e. The second-order valence-corrected chi connectivity index (χ2v) is 2.58. The van der Waals surface area contributed by atoms with E-state index in [-0.39, 0.29) is 18.0 Å². The van der Waals surface area contributed by atoms with Crippen molar-refractivity contribution in [3.63, 3.8) is 0 Å². The monoisotopic (exact) mass is 207 g/mol. The Balaban J connectivity index is 0.00000144. The second-order valence-electron chi connectivity index (χ2n) is 2.58. The molecular weight excluding hydrogens is 196 g/mol. The first kappa shape index (κ1) is 12.3. The number of alkyl halides is 2. The summed E-state index contributed by atoms with van der Waals surface area (Å²) in [4.78, 5) is 0. The van der Waals surface area contributed by atoms with E-state index in [1.807, 2.05) is 0 Å². The van der Waals surface area contributed by atoms with Crippen LogP contribution in [0.25, 0.3) is 0 Å². The van der Waals surface area contributed by atoms with Gasteiger partial charge in [0, 0.05) is 5.56 Å². The van der Waals surface area contributed by atoms with Gasteiger partial charge in [0.1, 0.15) is 0 Å². The van der Waals surface area contributed by atoms with E-state index in [4.69, 9.17) is 5.73 Å². The van der Waals surface area contributed by atoms with Crippen LogP contribution >= 0.6 is 12.4 Å². The lowest BCUT2D eigenvalue weighted by atomic mass is 10.1. The van der Waals surface area contributed by atoms with Gasteiger partial charge in [-0.25, -0.2) is 8.78 Å². The third-order valence-corrected chi connectivity index (χ3v) is 1.66. The minimum absolute atomic E-state index is 0. The predicted molar refractivity (Wildman–Crippen MR) is 51.4 cm³/mol. The Hall–Kier alpha value is -0.670. The molecule has 0 unspecified atom stereocenters. The third-order valence-electron chi connectivity index (χ3n) is 1.66. The molecule has 1 aromatic rings. The van der Waals surface area contributed by atoms with E-state index >= 15 is 0 Å².